The van der Waals surface area contributed by atoms with Crippen LogP contribution in [0.15, 0.2) is 30.3 Å². The second kappa shape index (κ2) is 5.38. The Labute approximate surface area is 99.5 Å². The molecule has 1 fully saturated rings. The van der Waals surface area contributed by atoms with Crippen molar-refractivity contribution in [1.29, 1.82) is 0 Å². The van der Waals surface area contributed by atoms with E-state index in [0.717, 1.165) is 12.0 Å². The van der Waals surface area contributed by atoms with Gasteiger partial charge in [0.1, 0.15) is 0 Å². The van der Waals surface area contributed by atoms with E-state index in [-0.39, 0.29) is 0 Å². The summed E-state index contributed by atoms with van der Waals surface area (Å²) in [7, 11) is 0. The number of hydrogen-bond donors (Lipinski definition) is 0. The Bertz CT molecular complexity index is 304. The summed E-state index contributed by atoms with van der Waals surface area (Å²) < 4.78 is 0. The number of benzene rings is 1. The Kier molecular flexibility index (Phi) is 3.87. The van der Waals surface area contributed by atoms with Crippen LogP contribution in [0.1, 0.15) is 39.5 Å². The average Bonchev–Trinajstić information content (AvgIpc) is 2.30. The highest BCUT2D eigenvalue weighted by Gasteiger charge is 2.22. The van der Waals surface area contributed by atoms with E-state index in [1.165, 1.54) is 37.9 Å². The lowest BCUT2D eigenvalue weighted by molar-refractivity contribution is 0.393. The van der Waals surface area contributed by atoms with Crippen molar-refractivity contribution in [3.63, 3.8) is 0 Å². The molecule has 1 atom stereocenters. The molecule has 0 aromatic heterocycles. The molecule has 0 saturated carbocycles. The van der Waals surface area contributed by atoms with Crippen LogP contribution >= 0.6 is 0 Å². The third-order valence-corrected chi connectivity index (χ3v) is 3.46. The van der Waals surface area contributed by atoms with Gasteiger partial charge in [-0.2, -0.15) is 0 Å². The summed E-state index contributed by atoms with van der Waals surface area (Å²) >= 11 is 0. The highest BCUT2D eigenvalue weighted by Crippen LogP contribution is 2.27. The largest absolute Gasteiger partial charge is 0.369 e. The fourth-order valence-corrected chi connectivity index (χ4v) is 2.75. The number of hydrogen-bond acceptors (Lipinski definition) is 1. The van der Waals surface area contributed by atoms with Crippen molar-refractivity contribution in [2.75, 3.05) is 11.4 Å². The summed E-state index contributed by atoms with van der Waals surface area (Å²) in [6.45, 7) is 5.90. The molecule has 1 heteroatoms. The molecule has 0 radical (unpaired) electrons. The summed E-state index contributed by atoms with van der Waals surface area (Å²) in [6.07, 6.45) is 5.45. The van der Waals surface area contributed by atoms with Gasteiger partial charge in [0, 0.05) is 18.3 Å². The van der Waals surface area contributed by atoms with Crippen LogP contribution in [0.4, 0.5) is 5.69 Å². The smallest absolute Gasteiger partial charge is 0.0368 e. The normalized spacial score (nSPS) is 21.4. The fourth-order valence-electron chi connectivity index (χ4n) is 2.75. The molecule has 1 heterocycles. The number of nitrogens with zero attached hydrogens (tertiary/aromatic N) is 1. The number of anilines is 1. The highest BCUT2D eigenvalue weighted by atomic mass is 15.2. The molecule has 16 heavy (non-hydrogen) atoms. The van der Waals surface area contributed by atoms with Gasteiger partial charge < -0.3 is 4.90 Å². The molecule has 0 amide bonds. The molecule has 0 bridgehead atoms. The van der Waals surface area contributed by atoms with Crippen LogP contribution < -0.4 is 4.90 Å². The quantitative estimate of drug-likeness (QED) is 0.737. The van der Waals surface area contributed by atoms with Crippen LogP contribution in [0.25, 0.3) is 0 Å². The van der Waals surface area contributed by atoms with E-state index in [4.69, 9.17) is 0 Å². The first-order valence-corrected chi connectivity index (χ1v) is 6.59. The van der Waals surface area contributed by atoms with Crippen molar-refractivity contribution in [3.05, 3.63) is 30.3 Å². The lowest BCUT2D eigenvalue weighted by Gasteiger charge is -2.38. The molecule has 1 aliphatic heterocycles. The zero-order valence-electron chi connectivity index (χ0n) is 10.5. The van der Waals surface area contributed by atoms with Crippen molar-refractivity contribution in [2.24, 2.45) is 5.92 Å². The molecule has 0 aliphatic carbocycles. The van der Waals surface area contributed by atoms with E-state index in [1.54, 1.807) is 0 Å². The van der Waals surface area contributed by atoms with Crippen LogP contribution in [0.5, 0.6) is 0 Å². The van der Waals surface area contributed by atoms with Crippen LogP contribution in [-0.4, -0.2) is 12.6 Å². The van der Waals surface area contributed by atoms with Crippen molar-refractivity contribution >= 4 is 5.69 Å². The molecule has 1 aromatic rings. The van der Waals surface area contributed by atoms with Crippen molar-refractivity contribution in [2.45, 2.75) is 45.6 Å². The monoisotopic (exact) mass is 217 g/mol. The number of piperidine rings is 1. The van der Waals surface area contributed by atoms with Crippen molar-refractivity contribution in [1.82, 2.24) is 0 Å². The van der Waals surface area contributed by atoms with Gasteiger partial charge in [0.05, 0.1) is 0 Å². The number of para-hydroxylation sites is 1. The first kappa shape index (κ1) is 11.5. The molecule has 1 unspecified atom stereocenters. The predicted octanol–water partition coefficient (Wildman–Crippen LogP) is 4.09. The maximum atomic E-state index is 2.61. The van der Waals surface area contributed by atoms with Crippen LogP contribution in [0, 0.1) is 5.92 Å². The fraction of sp³-hybridized carbons (Fsp3) is 0.600. The first-order valence-electron chi connectivity index (χ1n) is 6.59. The minimum Gasteiger partial charge on any atom is -0.369 e. The van der Waals surface area contributed by atoms with E-state index >= 15 is 0 Å². The summed E-state index contributed by atoms with van der Waals surface area (Å²) in [5, 5.41) is 0. The standard InChI is InChI=1S/C15H23N/c1-13(2)12-15-10-6-7-11-16(15)14-8-4-3-5-9-14/h3-5,8-9,13,15H,6-7,10-12H2,1-2H3. The molecule has 88 valence electrons. The van der Waals surface area contributed by atoms with E-state index in [9.17, 15) is 0 Å². The lowest BCUT2D eigenvalue weighted by atomic mass is 9.93. The minimum atomic E-state index is 0.760. The van der Waals surface area contributed by atoms with E-state index in [0.29, 0.717) is 0 Å². The summed E-state index contributed by atoms with van der Waals surface area (Å²) in [5.41, 5.74) is 1.41. The second-order valence-corrected chi connectivity index (χ2v) is 5.31. The molecular weight excluding hydrogens is 194 g/mol. The third kappa shape index (κ3) is 2.78. The van der Waals surface area contributed by atoms with Gasteiger partial charge in [-0.1, -0.05) is 32.0 Å². The first-order chi connectivity index (χ1) is 7.77. The highest BCUT2D eigenvalue weighted by molar-refractivity contribution is 5.47. The predicted molar refractivity (Wildman–Crippen MR) is 70.9 cm³/mol. The lowest BCUT2D eigenvalue weighted by Crippen LogP contribution is -2.40. The molecule has 0 spiro atoms. The maximum absolute atomic E-state index is 2.61. The molecule has 0 N–H and O–H groups in total. The molecule has 1 nitrogen and oxygen atoms in total. The zero-order valence-corrected chi connectivity index (χ0v) is 10.5. The van der Waals surface area contributed by atoms with E-state index < -0.39 is 0 Å². The van der Waals surface area contributed by atoms with Gasteiger partial charge in [0.2, 0.25) is 0 Å². The van der Waals surface area contributed by atoms with Crippen LogP contribution in [0.3, 0.4) is 0 Å². The Morgan fingerprint density at radius 3 is 2.62 bits per heavy atom. The molecule has 1 aromatic carbocycles. The molecule has 1 saturated heterocycles. The van der Waals surface area contributed by atoms with Gasteiger partial charge >= 0.3 is 0 Å². The zero-order chi connectivity index (χ0) is 11.4. The summed E-state index contributed by atoms with van der Waals surface area (Å²) in [5.74, 6) is 0.800. The Morgan fingerprint density at radius 2 is 1.94 bits per heavy atom. The third-order valence-electron chi connectivity index (χ3n) is 3.46. The molecule has 2 rings (SSSR count). The van der Waals surface area contributed by atoms with Gasteiger partial charge in [-0.25, -0.2) is 0 Å². The number of rotatable bonds is 3. The Balaban J connectivity index is 2.10. The van der Waals surface area contributed by atoms with Gasteiger partial charge in [0.25, 0.3) is 0 Å². The minimum absolute atomic E-state index is 0.760. The van der Waals surface area contributed by atoms with Gasteiger partial charge in [-0.05, 0) is 43.7 Å². The topological polar surface area (TPSA) is 3.24 Å². The van der Waals surface area contributed by atoms with Crippen molar-refractivity contribution in [3.8, 4) is 0 Å². The van der Waals surface area contributed by atoms with Crippen molar-refractivity contribution < 1.29 is 0 Å². The van der Waals surface area contributed by atoms with Gasteiger partial charge in [-0.3, -0.25) is 0 Å². The Morgan fingerprint density at radius 1 is 1.19 bits per heavy atom. The summed E-state index contributed by atoms with van der Waals surface area (Å²) in [4.78, 5) is 2.61. The summed E-state index contributed by atoms with van der Waals surface area (Å²) in [6, 6.07) is 11.7. The SMILES string of the molecule is CC(C)CC1CCCCN1c1ccccc1. The van der Waals surface area contributed by atoms with E-state index in [1.807, 2.05) is 0 Å². The molecular formula is C15H23N. The van der Waals surface area contributed by atoms with Gasteiger partial charge in [-0.15, -0.1) is 0 Å². The van der Waals surface area contributed by atoms with Gasteiger partial charge in [0.15, 0.2) is 0 Å². The van der Waals surface area contributed by atoms with E-state index in [2.05, 4.69) is 49.1 Å². The second-order valence-electron chi connectivity index (χ2n) is 5.31. The maximum Gasteiger partial charge on any atom is 0.0368 e. The molecule has 1 aliphatic rings. The van der Waals surface area contributed by atoms with Crippen LogP contribution in [0.2, 0.25) is 0 Å². The average molecular weight is 217 g/mol. The Hall–Kier alpha value is -0.980. The van der Waals surface area contributed by atoms with Crippen LogP contribution in [-0.2, 0) is 0 Å².